The zero-order chi connectivity index (χ0) is 9.84. The molecule has 0 aliphatic carbocycles. The molecule has 68 valence electrons. The molecule has 0 radical (unpaired) electrons. The molecule has 1 nitrogen and oxygen atoms in total. The van der Waals surface area contributed by atoms with E-state index in [9.17, 15) is 4.79 Å². The summed E-state index contributed by atoms with van der Waals surface area (Å²) in [4.78, 5) is 11.8. The highest BCUT2D eigenvalue weighted by Gasteiger charge is 2.00. The molecule has 1 rings (SSSR count). The van der Waals surface area contributed by atoms with E-state index in [1.807, 2.05) is 31.2 Å². The number of thioether (sulfide) groups is 1. The lowest BCUT2D eigenvalue weighted by atomic mass is 10.1. The number of carbonyl (C=O) groups excluding carboxylic acids is 1. The SMILES string of the molecule is C=Cc1ccc(SC(C)=O)cc1C. The van der Waals surface area contributed by atoms with Crippen molar-refractivity contribution in [2.24, 2.45) is 0 Å². The van der Waals surface area contributed by atoms with E-state index >= 15 is 0 Å². The molecule has 13 heavy (non-hydrogen) atoms. The summed E-state index contributed by atoms with van der Waals surface area (Å²) in [6.45, 7) is 7.29. The quantitative estimate of drug-likeness (QED) is 0.669. The van der Waals surface area contributed by atoms with Gasteiger partial charge < -0.3 is 0 Å². The Kier molecular flexibility index (Phi) is 3.32. The van der Waals surface area contributed by atoms with Gasteiger partial charge in [0.15, 0.2) is 5.12 Å². The van der Waals surface area contributed by atoms with Crippen LogP contribution in [0.1, 0.15) is 18.1 Å². The third-order valence-corrected chi connectivity index (χ3v) is 2.50. The van der Waals surface area contributed by atoms with Crippen LogP contribution < -0.4 is 0 Å². The summed E-state index contributed by atoms with van der Waals surface area (Å²) in [5.74, 6) is 0. The van der Waals surface area contributed by atoms with E-state index in [0.29, 0.717) is 0 Å². The van der Waals surface area contributed by atoms with E-state index in [-0.39, 0.29) is 5.12 Å². The van der Waals surface area contributed by atoms with E-state index in [0.717, 1.165) is 16.0 Å². The van der Waals surface area contributed by atoms with Gasteiger partial charge in [0.2, 0.25) is 0 Å². The van der Waals surface area contributed by atoms with Gasteiger partial charge >= 0.3 is 0 Å². The topological polar surface area (TPSA) is 17.1 Å². The van der Waals surface area contributed by atoms with Crippen molar-refractivity contribution in [3.63, 3.8) is 0 Å². The minimum Gasteiger partial charge on any atom is -0.287 e. The standard InChI is InChI=1S/C11H12OS/c1-4-10-5-6-11(7-8(10)2)13-9(3)12/h4-7H,1H2,2-3H3. The first kappa shape index (κ1) is 10.1. The summed E-state index contributed by atoms with van der Waals surface area (Å²) in [5, 5.41) is 0.116. The van der Waals surface area contributed by atoms with Crippen LogP contribution in [0.2, 0.25) is 0 Å². The van der Waals surface area contributed by atoms with Gasteiger partial charge in [-0.25, -0.2) is 0 Å². The Labute approximate surface area is 82.9 Å². The Balaban J connectivity index is 2.95. The molecular formula is C11H12OS. The molecule has 1 aromatic carbocycles. The molecule has 0 atom stereocenters. The average molecular weight is 192 g/mol. The van der Waals surface area contributed by atoms with Crippen molar-refractivity contribution in [1.29, 1.82) is 0 Å². The highest BCUT2D eigenvalue weighted by atomic mass is 32.2. The fourth-order valence-corrected chi connectivity index (χ4v) is 1.81. The van der Waals surface area contributed by atoms with Crippen LogP contribution in [0.5, 0.6) is 0 Å². The first-order valence-electron chi connectivity index (χ1n) is 4.05. The first-order chi connectivity index (χ1) is 6.13. The number of hydrogen-bond donors (Lipinski definition) is 0. The fraction of sp³-hybridized carbons (Fsp3) is 0.182. The van der Waals surface area contributed by atoms with Crippen molar-refractivity contribution in [3.8, 4) is 0 Å². The predicted molar refractivity (Wildman–Crippen MR) is 57.8 cm³/mol. The Bertz CT molecular complexity index is 342. The second-order valence-electron chi connectivity index (χ2n) is 2.82. The Morgan fingerprint density at radius 3 is 2.69 bits per heavy atom. The molecule has 0 unspecified atom stereocenters. The highest BCUT2D eigenvalue weighted by molar-refractivity contribution is 8.13. The largest absolute Gasteiger partial charge is 0.287 e. The zero-order valence-electron chi connectivity index (χ0n) is 7.83. The van der Waals surface area contributed by atoms with Crippen molar-refractivity contribution in [2.45, 2.75) is 18.7 Å². The van der Waals surface area contributed by atoms with Gasteiger partial charge in [0.05, 0.1) is 0 Å². The summed E-state index contributed by atoms with van der Waals surface area (Å²) < 4.78 is 0. The van der Waals surface area contributed by atoms with Crippen molar-refractivity contribution < 1.29 is 4.79 Å². The maximum absolute atomic E-state index is 10.8. The fourth-order valence-electron chi connectivity index (χ4n) is 1.11. The van der Waals surface area contributed by atoms with Crippen LogP contribution in [-0.4, -0.2) is 5.12 Å². The maximum Gasteiger partial charge on any atom is 0.190 e. The molecule has 0 bridgehead atoms. The summed E-state index contributed by atoms with van der Waals surface area (Å²) in [5.41, 5.74) is 2.27. The maximum atomic E-state index is 10.8. The van der Waals surface area contributed by atoms with Crippen LogP contribution in [0.4, 0.5) is 0 Å². The van der Waals surface area contributed by atoms with Crippen molar-refractivity contribution in [1.82, 2.24) is 0 Å². The predicted octanol–water partition coefficient (Wildman–Crippen LogP) is 3.28. The zero-order valence-corrected chi connectivity index (χ0v) is 8.65. The molecule has 0 fully saturated rings. The summed E-state index contributed by atoms with van der Waals surface area (Å²) in [6, 6.07) is 5.92. The normalized spacial score (nSPS) is 9.69. The number of benzene rings is 1. The molecule has 0 aliphatic rings. The monoisotopic (exact) mass is 192 g/mol. The van der Waals surface area contributed by atoms with Crippen LogP contribution in [0, 0.1) is 6.92 Å². The van der Waals surface area contributed by atoms with Crippen LogP contribution in [0.25, 0.3) is 6.08 Å². The first-order valence-corrected chi connectivity index (χ1v) is 4.86. The average Bonchev–Trinajstić information content (AvgIpc) is 2.03. The third kappa shape index (κ3) is 2.74. The molecule has 0 saturated heterocycles. The molecule has 0 spiro atoms. The molecule has 0 N–H and O–H groups in total. The Morgan fingerprint density at radius 2 is 2.23 bits per heavy atom. The second-order valence-corrected chi connectivity index (χ2v) is 4.07. The smallest absolute Gasteiger partial charge is 0.190 e. The summed E-state index contributed by atoms with van der Waals surface area (Å²) >= 11 is 1.26. The van der Waals surface area contributed by atoms with Crippen LogP contribution in [-0.2, 0) is 4.79 Å². The van der Waals surface area contributed by atoms with E-state index in [4.69, 9.17) is 0 Å². The lowest BCUT2D eigenvalue weighted by Gasteiger charge is -2.02. The third-order valence-electron chi connectivity index (χ3n) is 1.72. The van der Waals surface area contributed by atoms with Crippen LogP contribution in [0.3, 0.4) is 0 Å². The van der Waals surface area contributed by atoms with E-state index in [1.54, 1.807) is 6.92 Å². The van der Waals surface area contributed by atoms with Crippen molar-refractivity contribution in [3.05, 3.63) is 35.9 Å². The molecule has 0 aromatic heterocycles. The number of rotatable bonds is 2. The number of carbonyl (C=O) groups is 1. The Hall–Kier alpha value is -1.02. The summed E-state index contributed by atoms with van der Waals surface area (Å²) in [7, 11) is 0. The van der Waals surface area contributed by atoms with Crippen molar-refractivity contribution >= 4 is 23.0 Å². The highest BCUT2D eigenvalue weighted by Crippen LogP contribution is 2.22. The van der Waals surface area contributed by atoms with Gasteiger partial charge in [-0.15, -0.1) is 0 Å². The summed E-state index contributed by atoms with van der Waals surface area (Å²) in [6.07, 6.45) is 1.82. The van der Waals surface area contributed by atoms with Gasteiger partial charge in [0.25, 0.3) is 0 Å². The van der Waals surface area contributed by atoms with E-state index in [1.165, 1.54) is 11.8 Å². The van der Waals surface area contributed by atoms with Crippen molar-refractivity contribution in [2.75, 3.05) is 0 Å². The number of aryl methyl sites for hydroxylation is 1. The molecule has 0 heterocycles. The minimum absolute atomic E-state index is 0.116. The number of hydrogen-bond acceptors (Lipinski definition) is 2. The molecule has 0 saturated carbocycles. The molecule has 1 aromatic rings. The lowest BCUT2D eigenvalue weighted by Crippen LogP contribution is -1.84. The molecule has 2 heteroatoms. The lowest BCUT2D eigenvalue weighted by molar-refractivity contribution is -0.109. The van der Waals surface area contributed by atoms with Crippen LogP contribution in [0.15, 0.2) is 29.7 Å². The molecule has 0 aliphatic heterocycles. The van der Waals surface area contributed by atoms with E-state index in [2.05, 4.69) is 6.58 Å². The van der Waals surface area contributed by atoms with Gasteiger partial charge in [-0.1, -0.05) is 30.5 Å². The molecule has 0 amide bonds. The van der Waals surface area contributed by atoms with E-state index < -0.39 is 0 Å². The van der Waals surface area contributed by atoms with Gasteiger partial charge in [0, 0.05) is 11.8 Å². The van der Waals surface area contributed by atoms with Gasteiger partial charge in [-0.2, -0.15) is 0 Å². The minimum atomic E-state index is 0.116. The molecular weight excluding hydrogens is 180 g/mol. The van der Waals surface area contributed by atoms with Gasteiger partial charge in [-0.05, 0) is 30.2 Å². The van der Waals surface area contributed by atoms with Gasteiger partial charge in [-0.3, -0.25) is 4.79 Å². The van der Waals surface area contributed by atoms with Crippen LogP contribution >= 0.6 is 11.8 Å². The van der Waals surface area contributed by atoms with Gasteiger partial charge in [0.1, 0.15) is 0 Å². The Morgan fingerprint density at radius 1 is 1.54 bits per heavy atom. The second kappa shape index (κ2) is 4.28.